The molecule has 0 bridgehead atoms. The summed E-state index contributed by atoms with van der Waals surface area (Å²) in [6.45, 7) is 0.278. The van der Waals surface area contributed by atoms with Crippen LogP contribution in [0, 0.1) is 0 Å². The molecule has 1 fully saturated rings. The molecule has 1 aliphatic heterocycles. The molecule has 146 valence electrons. The standard InChI is InChI=1S/C17H19ClN2O6S/c1-24-5-4-19-15(21)9-20-16(22)14(27-17(20)23)7-10-6-11(18)13(26-3)8-12(10)25-2/h6-8H,4-5,9H2,1-3H3,(H,19,21)/b14-7-. The van der Waals surface area contributed by atoms with E-state index in [0.717, 1.165) is 16.7 Å². The van der Waals surface area contributed by atoms with Gasteiger partial charge in [-0.1, -0.05) is 11.6 Å². The number of hydrogen-bond acceptors (Lipinski definition) is 7. The molecule has 0 radical (unpaired) electrons. The first-order valence-electron chi connectivity index (χ1n) is 7.83. The van der Waals surface area contributed by atoms with Crippen LogP contribution >= 0.6 is 23.4 Å². The van der Waals surface area contributed by atoms with Crippen molar-refractivity contribution in [2.45, 2.75) is 0 Å². The number of benzene rings is 1. The second kappa shape index (κ2) is 9.63. The molecule has 0 spiro atoms. The van der Waals surface area contributed by atoms with Crippen LogP contribution in [0.2, 0.25) is 5.02 Å². The van der Waals surface area contributed by atoms with Crippen LogP contribution in [0.1, 0.15) is 5.56 Å². The first-order valence-corrected chi connectivity index (χ1v) is 9.03. The monoisotopic (exact) mass is 414 g/mol. The van der Waals surface area contributed by atoms with Crippen molar-refractivity contribution in [1.82, 2.24) is 10.2 Å². The Hall–Kier alpha value is -2.23. The molecule has 3 amide bonds. The summed E-state index contributed by atoms with van der Waals surface area (Å²) in [6, 6.07) is 3.16. The summed E-state index contributed by atoms with van der Waals surface area (Å²) >= 11 is 6.87. The summed E-state index contributed by atoms with van der Waals surface area (Å²) in [5, 5.41) is 2.38. The zero-order valence-electron chi connectivity index (χ0n) is 15.0. The number of hydrogen-bond donors (Lipinski definition) is 1. The molecule has 0 aliphatic carbocycles. The molecule has 0 aromatic heterocycles. The lowest BCUT2D eigenvalue weighted by molar-refractivity contribution is -0.129. The second-order valence-electron chi connectivity index (χ2n) is 5.34. The van der Waals surface area contributed by atoms with Crippen LogP contribution in [0.3, 0.4) is 0 Å². The third-order valence-electron chi connectivity index (χ3n) is 3.59. The van der Waals surface area contributed by atoms with Crippen molar-refractivity contribution < 1.29 is 28.6 Å². The Kier molecular flexibility index (Phi) is 7.52. The van der Waals surface area contributed by atoms with E-state index in [2.05, 4.69) is 5.32 Å². The average Bonchev–Trinajstić information content (AvgIpc) is 2.89. The summed E-state index contributed by atoms with van der Waals surface area (Å²) < 4.78 is 15.2. The second-order valence-corrected chi connectivity index (χ2v) is 6.74. The molecular weight excluding hydrogens is 396 g/mol. The predicted octanol–water partition coefficient (Wildman–Crippen LogP) is 2.16. The van der Waals surface area contributed by atoms with Gasteiger partial charge in [-0.2, -0.15) is 0 Å². The van der Waals surface area contributed by atoms with Crippen LogP contribution in [0.15, 0.2) is 17.0 Å². The number of nitrogens with zero attached hydrogens (tertiary/aromatic N) is 1. The predicted molar refractivity (Wildman–Crippen MR) is 102 cm³/mol. The molecule has 1 heterocycles. The van der Waals surface area contributed by atoms with E-state index in [1.54, 1.807) is 12.1 Å². The molecule has 0 atom stereocenters. The SMILES string of the molecule is COCCNC(=O)CN1C(=O)S/C(=C\c2cc(Cl)c(OC)cc2OC)C1=O. The smallest absolute Gasteiger partial charge is 0.294 e. The number of rotatable bonds is 8. The molecule has 1 saturated heterocycles. The van der Waals surface area contributed by atoms with E-state index >= 15 is 0 Å². The number of amides is 3. The average molecular weight is 415 g/mol. The lowest BCUT2D eigenvalue weighted by atomic mass is 10.1. The fourth-order valence-electron chi connectivity index (χ4n) is 2.27. The fraction of sp³-hybridized carbons (Fsp3) is 0.353. The highest BCUT2D eigenvalue weighted by Crippen LogP contribution is 2.37. The van der Waals surface area contributed by atoms with Gasteiger partial charge in [0.05, 0.1) is 30.8 Å². The van der Waals surface area contributed by atoms with Crippen molar-refractivity contribution in [3.05, 3.63) is 27.6 Å². The number of thioether (sulfide) groups is 1. The number of carbonyl (C=O) groups is 3. The Morgan fingerprint density at radius 1 is 1.22 bits per heavy atom. The van der Waals surface area contributed by atoms with Crippen LogP contribution in [0.25, 0.3) is 6.08 Å². The van der Waals surface area contributed by atoms with E-state index in [0.29, 0.717) is 35.2 Å². The number of carbonyl (C=O) groups excluding carboxylic acids is 3. The van der Waals surface area contributed by atoms with Crippen LogP contribution in [-0.4, -0.2) is 63.0 Å². The summed E-state index contributed by atoms with van der Waals surface area (Å²) in [6.07, 6.45) is 1.50. The van der Waals surface area contributed by atoms with Gasteiger partial charge in [0.2, 0.25) is 5.91 Å². The fourth-order valence-corrected chi connectivity index (χ4v) is 3.34. The van der Waals surface area contributed by atoms with Gasteiger partial charge < -0.3 is 19.5 Å². The van der Waals surface area contributed by atoms with E-state index in [9.17, 15) is 14.4 Å². The third-order valence-corrected chi connectivity index (χ3v) is 4.80. The number of imide groups is 1. The minimum atomic E-state index is -0.555. The zero-order valence-corrected chi connectivity index (χ0v) is 16.6. The minimum absolute atomic E-state index is 0.171. The van der Waals surface area contributed by atoms with Crippen LogP contribution in [0.4, 0.5) is 4.79 Å². The van der Waals surface area contributed by atoms with Crippen molar-refractivity contribution in [3.63, 3.8) is 0 Å². The maximum absolute atomic E-state index is 12.5. The van der Waals surface area contributed by atoms with Crippen molar-refractivity contribution in [3.8, 4) is 11.5 Å². The molecule has 8 nitrogen and oxygen atoms in total. The van der Waals surface area contributed by atoms with Crippen molar-refractivity contribution in [2.75, 3.05) is 41.0 Å². The van der Waals surface area contributed by atoms with Gasteiger partial charge in [-0.15, -0.1) is 0 Å². The highest BCUT2D eigenvalue weighted by molar-refractivity contribution is 8.18. The Bertz CT molecular complexity index is 783. The molecule has 0 saturated carbocycles. The van der Waals surface area contributed by atoms with Crippen molar-refractivity contribution in [2.24, 2.45) is 0 Å². The maximum atomic E-state index is 12.5. The lowest BCUT2D eigenvalue weighted by Gasteiger charge is -2.12. The van der Waals surface area contributed by atoms with Gasteiger partial charge in [-0.05, 0) is 23.9 Å². The first-order chi connectivity index (χ1) is 12.9. The molecule has 1 aliphatic rings. The van der Waals surface area contributed by atoms with Crippen molar-refractivity contribution in [1.29, 1.82) is 0 Å². The van der Waals surface area contributed by atoms with Crippen LogP contribution < -0.4 is 14.8 Å². The molecule has 2 rings (SSSR count). The summed E-state index contributed by atoms with van der Waals surface area (Å²) in [5.41, 5.74) is 0.512. The Morgan fingerprint density at radius 3 is 2.56 bits per heavy atom. The Balaban J connectivity index is 2.18. The van der Waals surface area contributed by atoms with E-state index < -0.39 is 17.1 Å². The van der Waals surface area contributed by atoms with E-state index in [-0.39, 0.29) is 11.4 Å². The number of halogens is 1. The van der Waals surface area contributed by atoms with Gasteiger partial charge in [0.25, 0.3) is 11.1 Å². The van der Waals surface area contributed by atoms with Gasteiger partial charge in [0.15, 0.2) is 0 Å². The maximum Gasteiger partial charge on any atom is 0.294 e. The van der Waals surface area contributed by atoms with Gasteiger partial charge in [-0.3, -0.25) is 19.3 Å². The topological polar surface area (TPSA) is 94.2 Å². The van der Waals surface area contributed by atoms with Gasteiger partial charge in [0.1, 0.15) is 18.0 Å². The molecule has 10 heteroatoms. The molecule has 1 N–H and O–H groups in total. The van der Waals surface area contributed by atoms with Gasteiger partial charge >= 0.3 is 0 Å². The summed E-state index contributed by atoms with van der Waals surface area (Å²) in [7, 11) is 4.45. The molecule has 1 aromatic carbocycles. The molecule has 1 aromatic rings. The normalized spacial score (nSPS) is 15.4. The third kappa shape index (κ3) is 5.15. The first kappa shape index (κ1) is 21.1. The highest BCUT2D eigenvalue weighted by atomic mass is 35.5. The summed E-state index contributed by atoms with van der Waals surface area (Å²) in [5.74, 6) is -0.145. The van der Waals surface area contributed by atoms with Crippen molar-refractivity contribution >= 4 is 46.5 Å². The highest BCUT2D eigenvalue weighted by Gasteiger charge is 2.36. The number of nitrogens with one attached hydrogen (secondary N) is 1. The number of methoxy groups -OCH3 is 3. The lowest BCUT2D eigenvalue weighted by Crippen LogP contribution is -2.40. The molecule has 27 heavy (non-hydrogen) atoms. The Morgan fingerprint density at radius 2 is 1.93 bits per heavy atom. The zero-order chi connectivity index (χ0) is 20.0. The van der Waals surface area contributed by atoms with Crippen LogP contribution in [0.5, 0.6) is 11.5 Å². The van der Waals surface area contributed by atoms with E-state index in [1.807, 2.05) is 0 Å². The van der Waals surface area contributed by atoms with E-state index in [1.165, 1.54) is 27.4 Å². The van der Waals surface area contributed by atoms with Gasteiger partial charge in [0, 0.05) is 25.3 Å². The Labute approximate surface area is 165 Å². The minimum Gasteiger partial charge on any atom is -0.496 e. The number of ether oxygens (including phenoxy) is 3. The molecular formula is C17H19ClN2O6S. The van der Waals surface area contributed by atoms with E-state index in [4.69, 9.17) is 25.8 Å². The largest absolute Gasteiger partial charge is 0.496 e. The van der Waals surface area contributed by atoms with Crippen LogP contribution in [-0.2, 0) is 14.3 Å². The summed E-state index contributed by atoms with van der Waals surface area (Å²) in [4.78, 5) is 37.5. The van der Waals surface area contributed by atoms with Gasteiger partial charge in [-0.25, -0.2) is 0 Å². The quantitative estimate of drug-likeness (QED) is 0.514. The molecule has 0 unspecified atom stereocenters.